The average Bonchev–Trinajstić information content (AvgIpc) is 3.20. The first kappa shape index (κ1) is 27.4. The molecule has 5 rings (SSSR count). The van der Waals surface area contributed by atoms with E-state index in [0.717, 1.165) is 43.3 Å². The molecule has 4 aromatic rings. The van der Waals surface area contributed by atoms with Crippen molar-refractivity contribution in [3.05, 3.63) is 116 Å². The molecular weight excluding hydrogens is 594 g/mol. The summed E-state index contributed by atoms with van der Waals surface area (Å²) >= 11 is 9.37. The number of anilines is 1. The molecule has 0 radical (unpaired) electrons. The Kier molecular flexibility index (Phi) is 7.65. The quantitative estimate of drug-likeness (QED) is 0.185. The van der Waals surface area contributed by atoms with Gasteiger partial charge in [-0.1, -0.05) is 39.7 Å². The van der Waals surface area contributed by atoms with Crippen LogP contribution in [-0.4, -0.2) is 22.4 Å². The fourth-order valence-electron chi connectivity index (χ4n) is 4.59. The third-order valence-electron chi connectivity index (χ3n) is 6.69. The maximum atomic E-state index is 13.4. The Hall–Kier alpha value is -4.14. The van der Waals surface area contributed by atoms with Crippen molar-refractivity contribution in [2.45, 2.75) is 27.4 Å². The van der Waals surface area contributed by atoms with Crippen LogP contribution in [0.2, 0.25) is 5.02 Å². The molecule has 1 N–H and O–H groups in total. The topological polar surface area (TPSA) is 80.6 Å². The van der Waals surface area contributed by atoms with E-state index in [-0.39, 0.29) is 5.57 Å². The van der Waals surface area contributed by atoms with Crippen molar-refractivity contribution in [1.29, 1.82) is 0 Å². The molecule has 202 valence electrons. The molecule has 0 bridgehead atoms. The summed E-state index contributed by atoms with van der Waals surface area (Å²) in [6, 6.07) is 21.4. The Bertz CT molecular complexity index is 1670. The Labute approximate surface area is 245 Å². The van der Waals surface area contributed by atoms with Crippen molar-refractivity contribution in [2.75, 3.05) is 4.90 Å². The molecule has 40 heavy (non-hydrogen) atoms. The van der Waals surface area contributed by atoms with Gasteiger partial charge in [0.05, 0.1) is 5.69 Å². The first-order valence-corrected chi connectivity index (χ1v) is 13.6. The van der Waals surface area contributed by atoms with Gasteiger partial charge in [-0.15, -0.1) is 0 Å². The molecule has 1 aromatic heterocycles. The lowest BCUT2D eigenvalue weighted by atomic mass is 10.1. The summed E-state index contributed by atoms with van der Waals surface area (Å²) in [6.45, 7) is 6.14. The number of aryl methyl sites for hydroxylation is 2. The molecule has 9 heteroatoms. The lowest BCUT2D eigenvalue weighted by Gasteiger charge is -2.26. The summed E-state index contributed by atoms with van der Waals surface area (Å²) in [7, 11) is 0. The number of aromatic nitrogens is 1. The van der Waals surface area contributed by atoms with Crippen molar-refractivity contribution >= 4 is 57.1 Å². The maximum Gasteiger partial charge on any atom is 0.335 e. The number of urea groups is 1. The molecular formula is C31H25BrClN3O4. The normalized spacial score (nSPS) is 14.6. The van der Waals surface area contributed by atoms with E-state index in [9.17, 15) is 14.4 Å². The molecule has 0 aliphatic carbocycles. The lowest BCUT2D eigenvalue weighted by molar-refractivity contribution is -0.122. The number of nitrogens with zero attached hydrogens (tertiary/aromatic N) is 2. The minimum atomic E-state index is -0.780. The van der Waals surface area contributed by atoms with E-state index in [2.05, 4.69) is 21.2 Å². The van der Waals surface area contributed by atoms with Crippen LogP contribution in [-0.2, 0) is 16.2 Å². The zero-order chi connectivity index (χ0) is 28.6. The fourth-order valence-corrected chi connectivity index (χ4v) is 4.96. The van der Waals surface area contributed by atoms with Gasteiger partial charge in [-0.2, -0.15) is 0 Å². The summed E-state index contributed by atoms with van der Waals surface area (Å²) in [5.41, 5.74) is 5.48. The van der Waals surface area contributed by atoms with Crippen LogP contribution in [0.1, 0.15) is 28.1 Å². The number of hydrogen-bond donors (Lipinski definition) is 1. The third-order valence-corrected chi connectivity index (χ3v) is 7.83. The van der Waals surface area contributed by atoms with Gasteiger partial charge < -0.3 is 9.30 Å². The molecule has 0 saturated carbocycles. The van der Waals surface area contributed by atoms with Gasteiger partial charge in [0, 0.05) is 26.6 Å². The molecule has 0 unspecified atom stereocenters. The Morgan fingerprint density at radius 1 is 0.900 bits per heavy atom. The molecule has 1 saturated heterocycles. The first-order valence-electron chi connectivity index (χ1n) is 12.5. The summed E-state index contributed by atoms with van der Waals surface area (Å²) < 4.78 is 8.78. The molecule has 0 atom stereocenters. The second-order valence-electron chi connectivity index (χ2n) is 9.46. The largest absolute Gasteiger partial charge is 0.489 e. The molecule has 0 spiro atoms. The minimum absolute atomic E-state index is 0.119. The maximum absolute atomic E-state index is 13.4. The number of barbiturate groups is 1. The first-order chi connectivity index (χ1) is 19.1. The van der Waals surface area contributed by atoms with Crippen molar-refractivity contribution in [1.82, 2.24) is 9.88 Å². The van der Waals surface area contributed by atoms with E-state index in [1.54, 1.807) is 18.2 Å². The van der Waals surface area contributed by atoms with Crippen LogP contribution in [0.25, 0.3) is 11.8 Å². The van der Waals surface area contributed by atoms with Crippen LogP contribution in [0.5, 0.6) is 5.75 Å². The van der Waals surface area contributed by atoms with Crippen LogP contribution in [0.15, 0.2) is 82.8 Å². The van der Waals surface area contributed by atoms with Gasteiger partial charge in [0.25, 0.3) is 11.8 Å². The number of halogens is 2. The van der Waals surface area contributed by atoms with Gasteiger partial charge in [-0.25, -0.2) is 9.69 Å². The smallest absolute Gasteiger partial charge is 0.335 e. The van der Waals surface area contributed by atoms with E-state index in [4.69, 9.17) is 16.3 Å². The standard InChI is InChI=1S/C31H25BrClN3O4/c1-18-14-25(10-13-28(18)32)36-30(38)27(29(37)34-31(36)39)16-22-15-19(2)35(20(22)3)24-8-11-26(12-9-24)40-17-21-4-6-23(33)7-5-21/h4-16H,17H2,1-3H3,(H,34,37,39)/b27-16+. The number of hydrogen-bond acceptors (Lipinski definition) is 4. The van der Waals surface area contributed by atoms with Gasteiger partial charge >= 0.3 is 6.03 Å². The van der Waals surface area contributed by atoms with Crippen molar-refractivity contribution in [3.8, 4) is 11.4 Å². The number of carbonyl (C=O) groups excluding carboxylic acids is 3. The molecule has 2 heterocycles. The summed E-state index contributed by atoms with van der Waals surface area (Å²) in [6.07, 6.45) is 1.53. The number of rotatable bonds is 6. The number of imide groups is 2. The van der Waals surface area contributed by atoms with Crippen LogP contribution in [0.4, 0.5) is 10.5 Å². The van der Waals surface area contributed by atoms with E-state index in [1.165, 1.54) is 6.08 Å². The highest BCUT2D eigenvalue weighted by molar-refractivity contribution is 9.10. The number of benzene rings is 3. The van der Waals surface area contributed by atoms with Crippen molar-refractivity contribution in [2.24, 2.45) is 0 Å². The van der Waals surface area contributed by atoms with E-state index < -0.39 is 17.8 Å². The van der Waals surface area contributed by atoms with Crippen molar-refractivity contribution < 1.29 is 19.1 Å². The second-order valence-corrected chi connectivity index (χ2v) is 10.8. The minimum Gasteiger partial charge on any atom is -0.489 e. The SMILES string of the molecule is Cc1cc(N2C(=O)NC(=O)/C(=C\c3cc(C)n(-c4ccc(OCc5ccc(Cl)cc5)cc4)c3C)C2=O)ccc1Br. The van der Waals surface area contributed by atoms with Gasteiger partial charge in [-0.05, 0) is 104 Å². The predicted octanol–water partition coefficient (Wildman–Crippen LogP) is 7.06. The average molecular weight is 619 g/mol. The number of amides is 4. The lowest BCUT2D eigenvalue weighted by Crippen LogP contribution is -2.54. The molecule has 3 aromatic carbocycles. The molecule has 1 fully saturated rings. The number of carbonyl (C=O) groups is 3. The van der Waals surface area contributed by atoms with Crippen LogP contribution < -0.4 is 15.0 Å². The van der Waals surface area contributed by atoms with Crippen LogP contribution in [0, 0.1) is 20.8 Å². The van der Waals surface area contributed by atoms with Crippen LogP contribution >= 0.6 is 27.5 Å². The molecule has 7 nitrogen and oxygen atoms in total. The van der Waals surface area contributed by atoms with Crippen molar-refractivity contribution in [3.63, 3.8) is 0 Å². The highest BCUT2D eigenvalue weighted by Crippen LogP contribution is 2.29. The van der Waals surface area contributed by atoms with E-state index >= 15 is 0 Å². The second kappa shape index (κ2) is 11.2. The number of ether oxygens (including phenoxy) is 1. The number of nitrogens with one attached hydrogen (secondary N) is 1. The van der Waals surface area contributed by atoms with Gasteiger partial charge in [0.1, 0.15) is 17.9 Å². The highest BCUT2D eigenvalue weighted by Gasteiger charge is 2.37. The summed E-state index contributed by atoms with van der Waals surface area (Å²) in [5, 5.41) is 2.97. The van der Waals surface area contributed by atoms with Gasteiger partial charge in [0.15, 0.2) is 0 Å². The van der Waals surface area contributed by atoms with Gasteiger partial charge in [0.2, 0.25) is 0 Å². The Morgan fingerprint density at radius 3 is 2.25 bits per heavy atom. The van der Waals surface area contributed by atoms with E-state index in [1.807, 2.05) is 79.9 Å². The summed E-state index contributed by atoms with van der Waals surface area (Å²) in [5.74, 6) is -0.685. The van der Waals surface area contributed by atoms with Gasteiger partial charge in [-0.3, -0.25) is 14.9 Å². The highest BCUT2D eigenvalue weighted by atomic mass is 79.9. The molecule has 1 aliphatic heterocycles. The molecule has 1 aliphatic rings. The van der Waals surface area contributed by atoms with Crippen LogP contribution in [0.3, 0.4) is 0 Å². The molecule has 4 amide bonds. The Morgan fingerprint density at radius 2 is 1.57 bits per heavy atom. The van der Waals surface area contributed by atoms with E-state index in [0.29, 0.717) is 22.9 Å². The summed E-state index contributed by atoms with van der Waals surface area (Å²) in [4.78, 5) is 39.7. The zero-order valence-corrected chi connectivity index (χ0v) is 24.3. The Balaban J connectivity index is 1.40. The fraction of sp³-hybridized carbons (Fsp3) is 0.129. The monoisotopic (exact) mass is 617 g/mol. The third kappa shape index (κ3) is 5.46. The predicted molar refractivity (Wildman–Crippen MR) is 159 cm³/mol. The zero-order valence-electron chi connectivity index (χ0n) is 22.0.